The van der Waals surface area contributed by atoms with E-state index in [9.17, 15) is 9.59 Å². The predicted octanol–water partition coefficient (Wildman–Crippen LogP) is 4.84. The molecule has 1 aliphatic heterocycles. The van der Waals surface area contributed by atoms with E-state index >= 15 is 0 Å². The Balaban J connectivity index is 1.96. The molecule has 0 saturated heterocycles. The van der Waals surface area contributed by atoms with Gasteiger partial charge < -0.3 is 9.64 Å². The van der Waals surface area contributed by atoms with Crippen LogP contribution in [-0.2, 0) is 22.6 Å². The molecule has 0 saturated carbocycles. The molecule has 136 valence electrons. The summed E-state index contributed by atoms with van der Waals surface area (Å²) < 4.78 is 6.00. The van der Waals surface area contributed by atoms with Gasteiger partial charge in [0.2, 0.25) is 0 Å². The number of rotatable bonds is 4. The summed E-state index contributed by atoms with van der Waals surface area (Å²) >= 11 is 3.51. The molecule has 3 rings (SSSR count). The minimum absolute atomic E-state index is 0.0104. The van der Waals surface area contributed by atoms with E-state index in [-0.39, 0.29) is 18.5 Å². The molecule has 0 aromatic heterocycles. The predicted molar refractivity (Wildman–Crippen MR) is 106 cm³/mol. The number of esters is 1. The van der Waals surface area contributed by atoms with Crippen molar-refractivity contribution in [2.24, 2.45) is 0 Å². The quantitative estimate of drug-likeness (QED) is 0.671. The summed E-state index contributed by atoms with van der Waals surface area (Å²) in [5.74, 6) is 0.0841. The van der Waals surface area contributed by atoms with Crippen LogP contribution in [0.3, 0.4) is 0 Å². The molecule has 0 N–H and O–H groups in total. The van der Waals surface area contributed by atoms with Gasteiger partial charge in [0.15, 0.2) is 0 Å². The molecule has 0 unspecified atom stereocenters. The second kappa shape index (κ2) is 7.62. The number of fused-ring (bicyclic) bond motifs is 1. The number of ether oxygens (including phenoxy) is 1. The molecule has 0 atom stereocenters. The van der Waals surface area contributed by atoms with Crippen LogP contribution in [-0.4, -0.2) is 18.4 Å². The van der Waals surface area contributed by atoms with E-state index in [0.717, 1.165) is 33.3 Å². The lowest BCUT2D eigenvalue weighted by Crippen LogP contribution is -2.38. The standard InChI is InChI=1S/C21H22BrNO3/c1-13(2)15-7-8-17-16(11-15)9-10-23(21(17)25)20-6-4-5-19(22)18(20)12-26-14(3)24/h4-8,11,13H,9-10,12H2,1-3H3. The fraction of sp³-hybridized carbons (Fsp3) is 0.333. The Hall–Kier alpha value is -2.14. The highest BCUT2D eigenvalue weighted by molar-refractivity contribution is 9.10. The van der Waals surface area contributed by atoms with Gasteiger partial charge in [-0.15, -0.1) is 0 Å². The van der Waals surface area contributed by atoms with Gasteiger partial charge in [-0.3, -0.25) is 9.59 Å². The van der Waals surface area contributed by atoms with E-state index in [1.165, 1.54) is 12.5 Å². The number of amides is 1. The average Bonchev–Trinajstić information content (AvgIpc) is 2.60. The molecular weight excluding hydrogens is 394 g/mol. The second-order valence-electron chi connectivity index (χ2n) is 6.80. The number of carbonyl (C=O) groups excluding carboxylic acids is 2. The molecule has 2 aromatic carbocycles. The van der Waals surface area contributed by atoms with E-state index < -0.39 is 0 Å². The number of hydrogen-bond acceptors (Lipinski definition) is 3. The van der Waals surface area contributed by atoms with Crippen LogP contribution in [0.5, 0.6) is 0 Å². The molecule has 2 aromatic rings. The molecule has 5 heteroatoms. The van der Waals surface area contributed by atoms with Crippen molar-refractivity contribution in [3.05, 3.63) is 63.1 Å². The Labute approximate surface area is 162 Å². The fourth-order valence-corrected chi connectivity index (χ4v) is 3.68. The van der Waals surface area contributed by atoms with Crippen molar-refractivity contribution < 1.29 is 14.3 Å². The van der Waals surface area contributed by atoms with Crippen molar-refractivity contribution >= 4 is 33.5 Å². The first-order valence-electron chi connectivity index (χ1n) is 8.74. The summed E-state index contributed by atoms with van der Waals surface area (Å²) in [6.45, 7) is 6.43. The van der Waals surface area contributed by atoms with Crippen LogP contribution in [0, 0.1) is 0 Å². The van der Waals surface area contributed by atoms with Crippen molar-refractivity contribution in [2.45, 2.75) is 39.7 Å². The van der Waals surface area contributed by atoms with Crippen LogP contribution in [0.1, 0.15) is 53.7 Å². The number of halogens is 1. The summed E-state index contributed by atoms with van der Waals surface area (Å²) in [4.78, 5) is 26.1. The normalized spacial score (nSPS) is 13.7. The molecule has 1 heterocycles. The first-order chi connectivity index (χ1) is 12.4. The lowest BCUT2D eigenvalue weighted by atomic mass is 9.92. The van der Waals surface area contributed by atoms with Crippen LogP contribution >= 0.6 is 15.9 Å². The van der Waals surface area contributed by atoms with Gasteiger partial charge in [0.25, 0.3) is 5.91 Å². The number of anilines is 1. The third-order valence-corrected chi connectivity index (χ3v) is 5.42. The summed E-state index contributed by atoms with van der Waals surface area (Å²) in [6, 6.07) is 11.8. The highest BCUT2D eigenvalue weighted by atomic mass is 79.9. The monoisotopic (exact) mass is 415 g/mol. The van der Waals surface area contributed by atoms with Gasteiger partial charge in [0.05, 0.1) is 5.69 Å². The zero-order valence-electron chi connectivity index (χ0n) is 15.2. The highest BCUT2D eigenvalue weighted by Crippen LogP contribution is 2.33. The molecule has 26 heavy (non-hydrogen) atoms. The lowest BCUT2D eigenvalue weighted by Gasteiger charge is -2.31. The van der Waals surface area contributed by atoms with Crippen LogP contribution in [0.25, 0.3) is 0 Å². The van der Waals surface area contributed by atoms with E-state index in [1.807, 2.05) is 30.3 Å². The van der Waals surface area contributed by atoms with Crippen LogP contribution in [0.15, 0.2) is 40.9 Å². The summed E-state index contributed by atoms with van der Waals surface area (Å²) in [6.07, 6.45) is 0.807. The summed E-state index contributed by atoms with van der Waals surface area (Å²) in [7, 11) is 0. The number of nitrogens with zero attached hydrogens (tertiary/aromatic N) is 1. The molecule has 0 bridgehead atoms. The molecule has 1 amide bonds. The molecule has 0 fully saturated rings. The minimum Gasteiger partial charge on any atom is -0.461 e. The fourth-order valence-electron chi connectivity index (χ4n) is 3.21. The SMILES string of the molecule is CC(=O)OCc1c(Br)cccc1N1CCc2cc(C(C)C)ccc2C1=O. The molecule has 0 aliphatic carbocycles. The largest absolute Gasteiger partial charge is 0.461 e. The summed E-state index contributed by atoms with van der Waals surface area (Å²) in [5, 5.41) is 0. The lowest BCUT2D eigenvalue weighted by molar-refractivity contribution is -0.142. The van der Waals surface area contributed by atoms with Crippen molar-refractivity contribution in [3.8, 4) is 0 Å². The molecule has 0 spiro atoms. The van der Waals surface area contributed by atoms with Gasteiger partial charge in [0.1, 0.15) is 6.61 Å². The van der Waals surface area contributed by atoms with E-state index in [0.29, 0.717) is 12.5 Å². The Bertz CT molecular complexity index is 860. The zero-order valence-corrected chi connectivity index (χ0v) is 16.8. The second-order valence-corrected chi connectivity index (χ2v) is 7.65. The maximum atomic E-state index is 13.1. The Morgan fingerprint density at radius 1 is 1.27 bits per heavy atom. The van der Waals surface area contributed by atoms with Crippen molar-refractivity contribution in [1.82, 2.24) is 0 Å². The van der Waals surface area contributed by atoms with Gasteiger partial charge in [0, 0.05) is 29.1 Å². The maximum Gasteiger partial charge on any atom is 0.302 e. The van der Waals surface area contributed by atoms with Crippen LogP contribution in [0.4, 0.5) is 5.69 Å². The summed E-state index contributed by atoms with van der Waals surface area (Å²) in [5.41, 5.74) is 4.69. The first-order valence-corrected chi connectivity index (χ1v) is 9.53. The van der Waals surface area contributed by atoms with Gasteiger partial charge in [-0.05, 0) is 41.7 Å². The maximum absolute atomic E-state index is 13.1. The van der Waals surface area contributed by atoms with Crippen molar-refractivity contribution in [2.75, 3.05) is 11.4 Å². The molecular formula is C21H22BrNO3. The molecule has 1 aliphatic rings. The van der Waals surface area contributed by atoms with Crippen LogP contribution in [0.2, 0.25) is 0 Å². The van der Waals surface area contributed by atoms with E-state index in [4.69, 9.17) is 4.74 Å². The van der Waals surface area contributed by atoms with Gasteiger partial charge >= 0.3 is 5.97 Å². The van der Waals surface area contributed by atoms with Gasteiger partial charge in [-0.2, -0.15) is 0 Å². The number of carbonyl (C=O) groups is 2. The van der Waals surface area contributed by atoms with Gasteiger partial charge in [-0.25, -0.2) is 0 Å². The Kier molecular flexibility index (Phi) is 5.47. The third kappa shape index (κ3) is 3.68. The molecule has 4 nitrogen and oxygen atoms in total. The smallest absolute Gasteiger partial charge is 0.302 e. The topological polar surface area (TPSA) is 46.6 Å². The first kappa shape index (κ1) is 18.6. The van der Waals surface area contributed by atoms with Crippen molar-refractivity contribution in [3.63, 3.8) is 0 Å². The molecule has 0 radical (unpaired) electrons. The Morgan fingerprint density at radius 3 is 2.73 bits per heavy atom. The van der Waals surface area contributed by atoms with E-state index in [2.05, 4.69) is 35.8 Å². The zero-order chi connectivity index (χ0) is 18.8. The van der Waals surface area contributed by atoms with Crippen LogP contribution < -0.4 is 4.90 Å². The minimum atomic E-state index is -0.344. The average molecular weight is 416 g/mol. The van der Waals surface area contributed by atoms with Crippen molar-refractivity contribution in [1.29, 1.82) is 0 Å². The Morgan fingerprint density at radius 2 is 2.04 bits per heavy atom. The number of benzene rings is 2. The highest BCUT2D eigenvalue weighted by Gasteiger charge is 2.28. The van der Waals surface area contributed by atoms with Gasteiger partial charge in [-0.1, -0.05) is 48.0 Å². The number of hydrogen-bond donors (Lipinski definition) is 0. The third-order valence-electron chi connectivity index (χ3n) is 4.68. The van der Waals surface area contributed by atoms with E-state index in [1.54, 1.807) is 4.90 Å².